The zero-order chi connectivity index (χ0) is 8.81. The topological polar surface area (TPSA) is 52.0 Å². The number of nitrogens with two attached hydrogens (primary N) is 1. The van der Waals surface area contributed by atoms with Crippen molar-refractivity contribution in [3.8, 4) is 0 Å². The van der Waals surface area contributed by atoms with E-state index in [0.29, 0.717) is 6.54 Å². The Hall–Kier alpha value is -0.830. The van der Waals surface area contributed by atoms with Crippen LogP contribution in [-0.2, 0) is 13.0 Å². The maximum atomic E-state index is 5.38. The standard InChI is InChI=1S/C9H16N2O/c1-2-3-4-5-8-6-9(7-10)12-11-8/h6H,2-5,7,10H2,1H3. The summed E-state index contributed by atoms with van der Waals surface area (Å²) in [7, 11) is 0. The molecule has 0 unspecified atom stereocenters. The number of unbranched alkanes of at least 4 members (excludes halogenated alkanes) is 2. The van der Waals surface area contributed by atoms with Crippen molar-refractivity contribution in [3.05, 3.63) is 17.5 Å². The summed E-state index contributed by atoms with van der Waals surface area (Å²) in [5.41, 5.74) is 6.42. The summed E-state index contributed by atoms with van der Waals surface area (Å²) in [4.78, 5) is 0. The molecule has 1 aromatic rings. The molecule has 0 aliphatic heterocycles. The summed E-state index contributed by atoms with van der Waals surface area (Å²) in [5, 5.41) is 3.90. The predicted octanol–water partition coefficient (Wildman–Crippen LogP) is 1.87. The van der Waals surface area contributed by atoms with Crippen LogP contribution in [0, 0.1) is 0 Å². The van der Waals surface area contributed by atoms with Gasteiger partial charge < -0.3 is 10.3 Å². The molecule has 0 radical (unpaired) electrons. The number of hydrogen-bond acceptors (Lipinski definition) is 3. The Bertz CT molecular complexity index is 220. The fourth-order valence-electron chi connectivity index (χ4n) is 1.13. The van der Waals surface area contributed by atoms with Crippen molar-refractivity contribution in [1.82, 2.24) is 5.16 Å². The number of nitrogens with zero attached hydrogens (tertiary/aromatic N) is 1. The molecule has 68 valence electrons. The Morgan fingerprint density at radius 2 is 2.33 bits per heavy atom. The Morgan fingerprint density at radius 1 is 1.50 bits per heavy atom. The fourth-order valence-corrected chi connectivity index (χ4v) is 1.13. The molecule has 0 atom stereocenters. The second-order valence-corrected chi connectivity index (χ2v) is 2.95. The highest BCUT2D eigenvalue weighted by atomic mass is 16.5. The molecule has 1 aromatic heterocycles. The van der Waals surface area contributed by atoms with Gasteiger partial charge in [0, 0.05) is 6.07 Å². The third kappa shape index (κ3) is 2.66. The van der Waals surface area contributed by atoms with Gasteiger partial charge >= 0.3 is 0 Å². The van der Waals surface area contributed by atoms with Crippen molar-refractivity contribution < 1.29 is 4.52 Å². The second kappa shape index (κ2) is 4.93. The van der Waals surface area contributed by atoms with E-state index in [9.17, 15) is 0 Å². The van der Waals surface area contributed by atoms with E-state index in [4.69, 9.17) is 10.3 Å². The molecule has 0 saturated heterocycles. The van der Waals surface area contributed by atoms with E-state index in [-0.39, 0.29) is 0 Å². The molecular weight excluding hydrogens is 152 g/mol. The highest BCUT2D eigenvalue weighted by Crippen LogP contribution is 2.07. The smallest absolute Gasteiger partial charge is 0.150 e. The van der Waals surface area contributed by atoms with Gasteiger partial charge in [0.25, 0.3) is 0 Å². The normalized spacial score (nSPS) is 10.5. The monoisotopic (exact) mass is 168 g/mol. The molecule has 0 amide bonds. The quantitative estimate of drug-likeness (QED) is 0.683. The molecule has 0 fully saturated rings. The number of aryl methyl sites for hydroxylation is 1. The maximum Gasteiger partial charge on any atom is 0.150 e. The molecule has 1 rings (SSSR count). The van der Waals surface area contributed by atoms with Gasteiger partial charge in [-0.15, -0.1) is 0 Å². The molecule has 0 aliphatic rings. The van der Waals surface area contributed by atoms with Crippen molar-refractivity contribution in [2.45, 2.75) is 39.2 Å². The van der Waals surface area contributed by atoms with E-state index < -0.39 is 0 Å². The molecule has 0 saturated carbocycles. The average Bonchev–Trinajstić information content (AvgIpc) is 2.53. The van der Waals surface area contributed by atoms with Gasteiger partial charge in [-0.05, 0) is 12.8 Å². The van der Waals surface area contributed by atoms with Gasteiger partial charge in [-0.25, -0.2) is 0 Å². The summed E-state index contributed by atoms with van der Waals surface area (Å²) in [5.74, 6) is 0.779. The first-order chi connectivity index (χ1) is 5.86. The van der Waals surface area contributed by atoms with Crippen LogP contribution in [-0.4, -0.2) is 5.16 Å². The maximum absolute atomic E-state index is 5.38. The van der Waals surface area contributed by atoms with Gasteiger partial charge in [-0.3, -0.25) is 0 Å². The Morgan fingerprint density at radius 3 is 2.92 bits per heavy atom. The highest BCUT2D eigenvalue weighted by Gasteiger charge is 2.00. The molecule has 0 spiro atoms. The molecule has 3 nitrogen and oxygen atoms in total. The van der Waals surface area contributed by atoms with Gasteiger partial charge in [0.15, 0.2) is 5.76 Å². The average molecular weight is 168 g/mol. The fraction of sp³-hybridized carbons (Fsp3) is 0.667. The molecular formula is C9H16N2O. The molecule has 0 aliphatic carbocycles. The third-order valence-corrected chi connectivity index (χ3v) is 1.85. The van der Waals surface area contributed by atoms with Crippen LogP contribution < -0.4 is 5.73 Å². The van der Waals surface area contributed by atoms with E-state index in [1.807, 2.05) is 6.07 Å². The molecule has 3 heteroatoms. The van der Waals surface area contributed by atoms with E-state index >= 15 is 0 Å². The number of aromatic nitrogens is 1. The summed E-state index contributed by atoms with van der Waals surface area (Å²) in [6.45, 7) is 2.63. The second-order valence-electron chi connectivity index (χ2n) is 2.95. The Labute approximate surface area is 72.9 Å². The lowest BCUT2D eigenvalue weighted by atomic mass is 10.1. The first-order valence-electron chi connectivity index (χ1n) is 4.51. The summed E-state index contributed by atoms with van der Waals surface area (Å²) in [6, 6.07) is 1.94. The van der Waals surface area contributed by atoms with Crippen molar-refractivity contribution in [2.24, 2.45) is 5.73 Å². The van der Waals surface area contributed by atoms with E-state index in [1.54, 1.807) is 0 Å². The van der Waals surface area contributed by atoms with Gasteiger partial charge in [0.05, 0.1) is 12.2 Å². The first-order valence-corrected chi connectivity index (χ1v) is 4.51. The Kier molecular flexibility index (Phi) is 3.80. The van der Waals surface area contributed by atoms with Crippen molar-refractivity contribution in [1.29, 1.82) is 0 Å². The lowest BCUT2D eigenvalue weighted by Crippen LogP contribution is -1.92. The van der Waals surface area contributed by atoms with Crippen LogP contribution in [0.3, 0.4) is 0 Å². The summed E-state index contributed by atoms with van der Waals surface area (Å²) < 4.78 is 4.97. The minimum atomic E-state index is 0.445. The largest absolute Gasteiger partial charge is 0.360 e. The highest BCUT2D eigenvalue weighted by molar-refractivity contribution is 5.04. The number of rotatable bonds is 5. The molecule has 12 heavy (non-hydrogen) atoms. The minimum Gasteiger partial charge on any atom is -0.360 e. The van der Waals surface area contributed by atoms with Crippen molar-refractivity contribution in [2.75, 3.05) is 0 Å². The van der Waals surface area contributed by atoms with Crippen LogP contribution in [0.2, 0.25) is 0 Å². The van der Waals surface area contributed by atoms with E-state index in [0.717, 1.165) is 17.9 Å². The minimum absolute atomic E-state index is 0.445. The molecule has 0 bridgehead atoms. The zero-order valence-electron chi connectivity index (χ0n) is 7.55. The summed E-state index contributed by atoms with van der Waals surface area (Å²) >= 11 is 0. The van der Waals surface area contributed by atoms with Gasteiger partial charge in [0.2, 0.25) is 0 Å². The molecule has 0 aromatic carbocycles. The predicted molar refractivity (Wildman–Crippen MR) is 47.6 cm³/mol. The van der Waals surface area contributed by atoms with E-state index in [2.05, 4.69) is 12.1 Å². The Balaban J connectivity index is 2.31. The SMILES string of the molecule is CCCCCc1cc(CN)on1. The summed E-state index contributed by atoms with van der Waals surface area (Å²) in [6.07, 6.45) is 4.69. The first kappa shape index (κ1) is 9.26. The van der Waals surface area contributed by atoms with Gasteiger partial charge in [-0.1, -0.05) is 24.9 Å². The van der Waals surface area contributed by atoms with Gasteiger partial charge in [-0.2, -0.15) is 0 Å². The molecule has 1 heterocycles. The number of hydrogen-bond donors (Lipinski definition) is 1. The van der Waals surface area contributed by atoms with Crippen LogP contribution >= 0.6 is 0 Å². The van der Waals surface area contributed by atoms with Crippen LogP contribution in [0.4, 0.5) is 0 Å². The lowest BCUT2D eigenvalue weighted by Gasteiger charge is -1.91. The van der Waals surface area contributed by atoms with Crippen LogP contribution in [0.1, 0.15) is 37.6 Å². The van der Waals surface area contributed by atoms with E-state index in [1.165, 1.54) is 19.3 Å². The zero-order valence-corrected chi connectivity index (χ0v) is 7.55. The third-order valence-electron chi connectivity index (χ3n) is 1.85. The lowest BCUT2D eigenvalue weighted by molar-refractivity contribution is 0.378. The van der Waals surface area contributed by atoms with Crippen LogP contribution in [0.5, 0.6) is 0 Å². The van der Waals surface area contributed by atoms with Crippen molar-refractivity contribution in [3.63, 3.8) is 0 Å². The van der Waals surface area contributed by atoms with Crippen LogP contribution in [0.25, 0.3) is 0 Å². The van der Waals surface area contributed by atoms with Crippen LogP contribution in [0.15, 0.2) is 10.6 Å². The molecule has 2 N–H and O–H groups in total. The van der Waals surface area contributed by atoms with Crippen molar-refractivity contribution >= 4 is 0 Å². The van der Waals surface area contributed by atoms with Gasteiger partial charge in [0.1, 0.15) is 0 Å².